The van der Waals surface area contributed by atoms with Gasteiger partial charge in [-0.25, -0.2) is 0 Å². The largest absolute Gasteiger partial charge is 0.335 e. The maximum Gasteiger partial charge on any atom is 0.227 e. The highest BCUT2D eigenvalue weighted by molar-refractivity contribution is 6.31. The minimum atomic E-state index is 0.163. The van der Waals surface area contributed by atoms with Crippen LogP contribution in [0.2, 0.25) is 5.02 Å². The number of nitrogens with zero attached hydrogens (tertiary/aromatic N) is 1. The van der Waals surface area contributed by atoms with Gasteiger partial charge in [0.15, 0.2) is 0 Å². The lowest BCUT2D eigenvalue weighted by Gasteiger charge is -2.25. The van der Waals surface area contributed by atoms with Crippen LogP contribution in [-0.2, 0) is 11.2 Å². The Labute approximate surface area is 136 Å². The van der Waals surface area contributed by atoms with Crippen molar-refractivity contribution in [1.82, 2.24) is 4.90 Å². The monoisotopic (exact) mass is 313 g/mol. The van der Waals surface area contributed by atoms with Crippen molar-refractivity contribution in [2.75, 3.05) is 6.54 Å². The van der Waals surface area contributed by atoms with Gasteiger partial charge in [0.05, 0.1) is 12.5 Å². The molecule has 2 aromatic carbocycles. The van der Waals surface area contributed by atoms with Gasteiger partial charge in [-0.2, -0.15) is 0 Å². The predicted molar refractivity (Wildman–Crippen MR) is 90.0 cm³/mol. The maximum atomic E-state index is 12.7. The number of rotatable bonds is 3. The van der Waals surface area contributed by atoms with Gasteiger partial charge in [0.25, 0.3) is 0 Å². The SMILES string of the molecule is Cc1ccc([C@@H]2CCCN2C(=O)Cc2ccccc2Cl)cc1. The number of likely N-dealkylation sites (tertiary alicyclic amines) is 1. The van der Waals surface area contributed by atoms with Crippen LogP contribution in [-0.4, -0.2) is 17.4 Å². The van der Waals surface area contributed by atoms with Crippen LogP contribution in [0.1, 0.15) is 35.6 Å². The summed E-state index contributed by atoms with van der Waals surface area (Å²) in [5.74, 6) is 0.163. The smallest absolute Gasteiger partial charge is 0.227 e. The molecule has 0 aliphatic carbocycles. The van der Waals surface area contributed by atoms with Crippen LogP contribution in [0.4, 0.5) is 0 Å². The summed E-state index contributed by atoms with van der Waals surface area (Å²) < 4.78 is 0. The molecule has 0 N–H and O–H groups in total. The average molecular weight is 314 g/mol. The quantitative estimate of drug-likeness (QED) is 0.813. The van der Waals surface area contributed by atoms with Crippen LogP contribution < -0.4 is 0 Å². The zero-order valence-corrected chi connectivity index (χ0v) is 13.5. The fourth-order valence-corrected chi connectivity index (χ4v) is 3.31. The summed E-state index contributed by atoms with van der Waals surface area (Å²) in [4.78, 5) is 14.7. The molecule has 0 unspecified atom stereocenters. The first-order valence-corrected chi connectivity index (χ1v) is 8.12. The Morgan fingerprint density at radius 3 is 2.64 bits per heavy atom. The predicted octanol–water partition coefficient (Wildman–Crippen LogP) is 4.55. The molecule has 0 radical (unpaired) electrons. The first kappa shape index (κ1) is 15.1. The topological polar surface area (TPSA) is 20.3 Å². The summed E-state index contributed by atoms with van der Waals surface area (Å²) in [5.41, 5.74) is 3.38. The third-order valence-corrected chi connectivity index (χ3v) is 4.70. The van der Waals surface area contributed by atoms with E-state index in [-0.39, 0.29) is 11.9 Å². The van der Waals surface area contributed by atoms with Crippen molar-refractivity contribution in [2.45, 2.75) is 32.2 Å². The van der Waals surface area contributed by atoms with Crippen molar-refractivity contribution < 1.29 is 4.79 Å². The van der Waals surface area contributed by atoms with E-state index >= 15 is 0 Å². The molecule has 22 heavy (non-hydrogen) atoms. The van der Waals surface area contributed by atoms with Crippen LogP contribution in [0.3, 0.4) is 0 Å². The van der Waals surface area contributed by atoms with Gasteiger partial charge in [-0.05, 0) is 37.0 Å². The zero-order chi connectivity index (χ0) is 15.5. The van der Waals surface area contributed by atoms with Gasteiger partial charge in [-0.1, -0.05) is 59.6 Å². The summed E-state index contributed by atoms with van der Waals surface area (Å²) in [6.07, 6.45) is 2.48. The summed E-state index contributed by atoms with van der Waals surface area (Å²) in [7, 11) is 0. The van der Waals surface area contributed by atoms with E-state index in [2.05, 4.69) is 31.2 Å². The van der Waals surface area contributed by atoms with E-state index < -0.39 is 0 Å². The van der Waals surface area contributed by atoms with Crippen molar-refractivity contribution in [3.05, 3.63) is 70.2 Å². The van der Waals surface area contributed by atoms with Crippen LogP contribution in [0, 0.1) is 6.92 Å². The van der Waals surface area contributed by atoms with Gasteiger partial charge < -0.3 is 4.90 Å². The number of amides is 1. The van der Waals surface area contributed by atoms with Crippen LogP contribution in [0.15, 0.2) is 48.5 Å². The molecule has 0 saturated carbocycles. The second kappa shape index (κ2) is 6.53. The van der Waals surface area contributed by atoms with E-state index in [0.717, 1.165) is 24.9 Å². The van der Waals surface area contributed by atoms with Gasteiger partial charge in [0, 0.05) is 11.6 Å². The molecular weight excluding hydrogens is 294 g/mol. The molecule has 2 aromatic rings. The maximum absolute atomic E-state index is 12.7. The fraction of sp³-hybridized carbons (Fsp3) is 0.316. The molecule has 3 rings (SSSR count). The first-order valence-electron chi connectivity index (χ1n) is 7.74. The number of carbonyl (C=O) groups is 1. The Kier molecular flexibility index (Phi) is 4.49. The van der Waals surface area contributed by atoms with Gasteiger partial charge in [-0.3, -0.25) is 4.79 Å². The Morgan fingerprint density at radius 1 is 1.18 bits per heavy atom. The molecule has 1 saturated heterocycles. The van der Waals surface area contributed by atoms with Gasteiger partial charge >= 0.3 is 0 Å². The van der Waals surface area contributed by atoms with Crippen molar-refractivity contribution >= 4 is 17.5 Å². The van der Waals surface area contributed by atoms with Crippen molar-refractivity contribution in [3.63, 3.8) is 0 Å². The van der Waals surface area contributed by atoms with Crippen LogP contribution >= 0.6 is 11.6 Å². The molecule has 2 nitrogen and oxygen atoms in total. The number of halogens is 1. The number of hydrogen-bond acceptors (Lipinski definition) is 1. The summed E-state index contributed by atoms with van der Waals surface area (Å²) >= 11 is 6.18. The number of hydrogen-bond donors (Lipinski definition) is 0. The van der Waals surface area contributed by atoms with E-state index in [0.29, 0.717) is 11.4 Å². The first-order chi connectivity index (χ1) is 10.6. The minimum absolute atomic E-state index is 0.163. The van der Waals surface area contributed by atoms with E-state index in [9.17, 15) is 4.79 Å². The molecule has 1 aliphatic rings. The number of aryl methyl sites for hydroxylation is 1. The molecular formula is C19H20ClNO. The van der Waals surface area contributed by atoms with Crippen LogP contribution in [0.25, 0.3) is 0 Å². The van der Waals surface area contributed by atoms with Crippen molar-refractivity contribution in [1.29, 1.82) is 0 Å². The van der Waals surface area contributed by atoms with Gasteiger partial charge in [0.1, 0.15) is 0 Å². The number of carbonyl (C=O) groups excluding carboxylic acids is 1. The molecule has 0 aromatic heterocycles. The van der Waals surface area contributed by atoms with E-state index in [1.807, 2.05) is 29.2 Å². The lowest BCUT2D eigenvalue weighted by molar-refractivity contribution is -0.131. The Morgan fingerprint density at radius 2 is 1.91 bits per heavy atom. The normalized spacial score (nSPS) is 17.7. The highest BCUT2D eigenvalue weighted by Gasteiger charge is 2.29. The molecule has 1 amide bonds. The fourth-order valence-electron chi connectivity index (χ4n) is 3.11. The van der Waals surface area contributed by atoms with Crippen molar-refractivity contribution in [2.24, 2.45) is 0 Å². The molecule has 0 spiro atoms. The highest BCUT2D eigenvalue weighted by atomic mass is 35.5. The van der Waals surface area contributed by atoms with E-state index in [1.165, 1.54) is 11.1 Å². The second-order valence-corrected chi connectivity index (χ2v) is 6.33. The third-order valence-electron chi connectivity index (χ3n) is 4.33. The van der Waals surface area contributed by atoms with Gasteiger partial charge in [0.2, 0.25) is 5.91 Å². The average Bonchev–Trinajstić information content (AvgIpc) is 3.00. The molecule has 1 heterocycles. The molecule has 0 bridgehead atoms. The second-order valence-electron chi connectivity index (χ2n) is 5.92. The Hall–Kier alpha value is -1.80. The molecule has 1 atom stereocenters. The minimum Gasteiger partial charge on any atom is -0.335 e. The standard InChI is InChI=1S/C19H20ClNO/c1-14-8-10-15(11-9-14)18-7-4-12-21(18)19(22)13-16-5-2-3-6-17(16)20/h2-3,5-6,8-11,18H,4,7,12-13H2,1H3/t18-/m0/s1. The van der Waals surface area contributed by atoms with Gasteiger partial charge in [-0.15, -0.1) is 0 Å². The molecule has 114 valence electrons. The van der Waals surface area contributed by atoms with E-state index in [1.54, 1.807) is 0 Å². The summed E-state index contributed by atoms with van der Waals surface area (Å²) in [6, 6.07) is 16.3. The van der Waals surface area contributed by atoms with E-state index in [4.69, 9.17) is 11.6 Å². The highest BCUT2D eigenvalue weighted by Crippen LogP contribution is 2.32. The lowest BCUT2D eigenvalue weighted by Crippen LogP contribution is -2.31. The molecule has 1 fully saturated rings. The molecule has 3 heteroatoms. The van der Waals surface area contributed by atoms with Crippen molar-refractivity contribution in [3.8, 4) is 0 Å². The van der Waals surface area contributed by atoms with Crippen LogP contribution in [0.5, 0.6) is 0 Å². The Bertz CT molecular complexity index is 665. The Balaban J connectivity index is 1.76. The third kappa shape index (κ3) is 3.17. The lowest BCUT2D eigenvalue weighted by atomic mass is 10.0. The summed E-state index contributed by atoms with van der Waals surface area (Å²) in [6.45, 7) is 2.92. The number of benzene rings is 2. The summed E-state index contributed by atoms with van der Waals surface area (Å²) in [5, 5.41) is 0.668. The zero-order valence-electron chi connectivity index (χ0n) is 12.8. The molecule has 1 aliphatic heterocycles.